The molecular formula is C13H16O3S. The van der Waals surface area contributed by atoms with Crippen molar-refractivity contribution in [3.8, 4) is 5.75 Å². The summed E-state index contributed by atoms with van der Waals surface area (Å²) in [5.74, 6) is 0.369. The zero-order chi connectivity index (χ0) is 12.3. The van der Waals surface area contributed by atoms with Crippen LogP contribution in [0.2, 0.25) is 0 Å². The number of thioether (sulfide) groups is 1. The van der Waals surface area contributed by atoms with Gasteiger partial charge in [0.25, 0.3) is 0 Å². The van der Waals surface area contributed by atoms with Gasteiger partial charge in [0.15, 0.2) is 0 Å². The Bertz CT molecular complexity index is 413. The second kappa shape index (κ2) is 5.45. The first-order valence-corrected chi connectivity index (χ1v) is 6.98. The first-order valence-electron chi connectivity index (χ1n) is 5.75. The molecule has 1 aromatic carbocycles. The Kier molecular flexibility index (Phi) is 3.94. The second-order valence-corrected chi connectivity index (χ2v) is 5.07. The Balaban J connectivity index is 2.09. The maximum absolute atomic E-state index is 11.2. The van der Waals surface area contributed by atoms with Crippen LogP contribution in [0.5, 0.6) is 5.75 Å². The number of carbonyl (C=O) groups is 1. The minimum atomic E-state index is -0.920. The number of ether oxygens (including phenoxy) is 1. The van der Waals surface area contributed by atoms with Gasteiger partial charge in [-0.25, -0.2) is 4.79 Å². The van der Waals surface area contributed by atoms with Crippen molar-refractivity contribution in [2.24, 2.45) is 5.92 Å². The van der Waals surface area contributed by atoms with Gasteiger partial charge in [-0.2, -0.15) is 0 Å². The summed E-state index contributed by atoms with van der Waals surface area (Å²) in [6.07, 6.45) is 5.48. The zero-order valence-electron chi connectivity index (χ0n) is 9.81. The van der Waals surface area contributed by atoms with E-state index in [9.17, 15) is 9.90 Å². The standard InChI is InChI=1S/C13H16O3S/c1-17-11-4-2-3-10(12(11)13(14)15)16-8-7-9-5-6-9/h2-4,9H,5-8H2,1H3,(H,14,15). The van der Waals surface area contributed by atoms with Crippen LogP contribution in [0.15, 0.2) is 23.1 Å². The fourth-order valence-electron chi connectivity index (χ4n) is 1.75. The number of rotatable bonds is 6. The molecule has 0 bridgehead atoms. The van der Waals surface area contributed by atoms with E-state index < -0.39 is 5.97 Å². The van der Waals surface area contributed by atoms with Crippen LogP contribution in [0.1, 0.15) is 29.6 Å². The van der Waals surface area contributed by atoms with E-state index in [1.54, 1.807) is 6.07 Å². The lowest BCUT2D eigenvalue weighted by Crippen LogP contribution is -2.06. The first kappa shape index (κ1) is 12.3. The predicted octanol–water partition coefficient (Wildman–Crippen LogP) is 3.29. The molecule has 1 N–H and O–H groups in total. The van der Waals surface area contributed by atoms with E-state index in [-0.39, 0.29) is 5.56 Å². The third kappa shape index (κ3) is 3.16. The highest BCUT2D eigenvalue weighted by Gasteiger charge is 2.21. The van der Waals surface area contributed by atoms with Gasteiger partial charge in [-0.1, -0.05) is 18.9 Å². The van der Waals surface area contributed by atoms with Gasteiger partial charge in [-0.15, -0.1) is 11.8 Å². The number of carboxylic acid groups (broad SMARTS) is 1. The first-order chi connectivity index (χ1) is 8.22. The molecule has 4 heteroatoms. The van der Waals surface area contributed by atoms with Crippen LogP contribution >= 0.6 is 11.8 Å². The molecule has 0 heterocycles. The van der Waals surface area contributed by atoms with E-state index in [1.807, 2.05) is 18.4 Å². The third-order valence-corrected chi connectivity index (χ3v) is 3.68. The molecule has 1 fully saturated rings. The summed E-state index contributed by atoms with van der Waals surface area (Å²) in [5.41, 5.74) is 0.288. The van der Waals surface area contributed by atoms with E-state index >= 15 is 0 Å². The lowest BCUT2D eigenvalue weighted by atomic mass is 10.2. The van der Waals surface area contributed by atoms with E-state index in [1.165, 1.54) is 24.6 Å². The van der Waals surface area contributed by atoms with Crippen LogP contribution in [0.25, 0.3) is 0 Å². The summed E-state index contributed by atoms with van der Waals surface area (Å²) in [4.78, 5) is 12.0. The number of aromatic carboxylic acids is 1. The lowest BCUT2D eigenvalue weighted by molar-refractivity contribution is 0.0688. The molecule has 1 saturated carbocycles. The monoisotopic (exact) mass is 252 g/mol. The summed E-state index contributed by atoms with van der Waals surface area (Å²) in [6, 6.07) is 5.38. The molecule has 1 aliphatic carbocycles. The van der Waals surface area contributed by atoms with Gasteiger partial charge in [-0.05, 0) is 30.7 Å². The highest BCUT2D eigenvalue weighted by molar-refractivity contribution is 7.98. The van der Waals surface area contributed by atoms with Crippen molar-refractivity contribution >= 4 is 17.7 Å². The highest BCUT2D eigenvalue weighted by Crippen LogP contribution is 2.33. The molecule has 0 amide bonds. The molecule has 17 heavy (non-hydrogen) atoms. The van der Waals surface area contributed by atoms with Crippen LogP contribution in [0.3, 0.4) is 0 Å². The fraction of sp³-hybridized carbons (Fsp3) is 0.462. The molecule has 0 aromatic heterocycles. The topological polar surface area (TPSA) is 46.5 Å². The van der Waals surface area contributed by atoms with Gasteiger partial charge in [0, 0.05) is 4.90 Å². The predicted molar refractivity (Wildman–Crippen MR) is 68.0 cm³/mol. The maximum atomic E-state index is 11.2. The molecule has 1 aliphatic rings. The molecule has 0 saturated heterocycles. The average molecular weight is 252 g/mol. The van der Waals surface area contributed by atoms with Gasteiger partial charge >= 0.3 is 5.97 Å². The number of hydrogen-bond acceptors (Lipinski definition) is 3. The third-order valence-electron chi connectivity index (χ3n) is 2.90. The summed E-state index contributed by atoms with van der Waals surface area (Å²) in [6.45, 7) is 0.614. The Morgan fingerprint density at radius 2 is 2.29 bits per heavy atom. The van der Waals surface area contributed by atoms with Crippen molar-refractivity contribution < 1.29 is 14.6 Å². The number of carboxylic acids is 1. The normalized spacial score (nSPS) is 14.6. The van der Waals surface area contributed by atoms with E-state index in [2.05, 4.69) is 0 Å². The maximum Gasteiger partial charge on any atom is 0.340 e. The molecular weight excluding hydrogens is 236 g/mol. The van der Waals surface area contributed by atoms with E-state index in [0.717, 1.165) is 17.2 Å². The van der Waals surface area contributed by atoms with Crippen molar-refractivity contribution in [3.05, 3.63) is 23.8 Å². The SMILES string of the molecule is CSc1cccc(OCCC2CC2)c1C(=O)O. The Morgan fingerprint density at radius 3 is 2.88 bits per heavy atom. The quantitative estimate of drug-likeness (QED) is 0.789. The molecule has 2 rings (SSSR count). The Morgan fingerprint density at radius 1 is 1.53 bits per heavy atom. The van der Waals surface area contributed by atoms with Crippen LogP contribution < -0.4 is 4.74 Å². The minimum Gasteiger partial charge on any atom is -0.493 e. The van der Waals surface area contributed by atoms with E-state index in [0.29, 0.717) is 12.4 Å². The van der Waals surface area contributed by atoms with Crippen molar-refractivity contribution in [3.63, 3.8) is 0 Å². The Labute approximate surface area is 105 Å². The summed E-state index contributed by atoms with van der Waals surface area (Å²) in [5, 5.41) is 9.21. The van der Waals surface area contributed by atoms with Crippen molar-refractivity contribution in [1.82, 2.24) is 0 Å². The van der Waals surface area contributed by atoms with Crippen molar-refractivity contribution in [1.29, 1.82) is 0 Å². The molecule has 0 aliphatic heterocycles. The largest absolute Gasteiger partial charge is 0.493 e. The van der Waals surface area contributed by atoms with Gasteiger partial charge in [0.05, 0.1) is 6.61 Å². The fourth-order valence-corrected chi connectivity index (χ4v) is 2.36. The van der Waals surface area contributed by atoms with Crippen LogP contribution in [-0.2, 0) is 0 Å². The van der Waals surface area contributed by atoms with Crippen LogP contribution in [0.4, 0.5) is 0 Å². The lowest BCUT2D eigenvalue weighted by Gasteiger charge is -2.11. The molecule has 1 aromatic rings. The van der Waals surface area contributed by atoms with Gasteiger partial charge in [-0.3, -0.25) is 0 Å². The highest BCUT2D eigenvalue weighted by atomic mass is 32.2. The van der Waals surface area contributed by atoms with Gasteiger partial charge in [0.1, 0.15) is 11.3 Å². The van der Waals surface area contributed by atoms with E-state index in [4.69, 9.17) is 4.74 Å². The van der Waals surface area contributed by atoms with Gasteiger partial charge in [0.2, 0.25) is 0 Å². The molecule has 0 unspecified atom stereocenters. The number of benzene rings is 1. The Hall–Kier alpha value is -1.16. The van der Waals surface area contributed by atoms with Crippen LogP contribution in [-0.4, -0.2) is 23.9 Å². The average Bonchev–Trinajstić information content (AvgIpc) is 3.12. The molecule has 0 spiro atoms. The zero-order valence-corrected chi connectivity index (χ0v) is 10.6. The van der Waals surface area contributed by atoms with Gasteiger partial charge < -0.3 is 9.84 Å². The molecule has 0 atom stereocenters. The molecule has 92 valence electrons. The van der Waals surface area contributed by atoms with Crippen LogP contribution in [0, 0.1) is 5.92 Å². The molecule has 3 nitrogen and oxygen atoms in total. The smallest absolute Gasteiger partial charge is 0.340 e. The summed E-state index contributed by atoms with van der Waals surface area (Å²) in [7, 11) is 0. The number of hydrogen-bond donors (Lipinski definition) is 1. The van der Waals surface area contributed by atoms with Crippen molar-refractivity contribution in [2.75, 3.05) is 12.9 Å². The summed E-state index contributed by atoms with van der Waals surface area (Å²) >= 11 is 1.43. The second-order valence-electron chi connectivity index (χ2n) is 4.22. The minimum absolute atomic E-state index is 0.288. The summed E-state index contributed by atoms with van der Waals surface area (Å²) < 4.78 is 5.60. The molecule has 0 radical (unpaired) electrons. The van der Waals surface area contributed by atoms with Crippen molar-refractivity contribution in [2.45, 2.75) is 24.2 Å².